The molecule has 0 aliphatic carbocycles. The molecular weight excluding hydrogens is 314 g/mol. The number of rotatable bonds is 6. The maximum Gasteiger partial charge on any atom is 0.197 e. The van der Waals surface area contributed by atoms with Crippen LogP contribution in [0, 0.1) is 0 Å². The molecule has 0 bridgehead atoms. The predicted molar refractivity (Wildman–Crippen MR) is 87.7 cm³/mol. The summed E-state index contributed by atoms with van der Waals surface area (Å²) in [5, 5.41) is 0.433. The van der Waals surface area contributed by atoms with E-state index in [-0.39, 0.29) is 5.75 Å². The van der Waals surface area contributed by atoms with E-state index in [1.807, 2.05) is 30.3 Å². The Kier molecular flexibility index (Phi) is 4.68. The van der Waals surface area contributed by atoms with E-state index >= 15 is 0 Å². The maximum atomic E-state index is 12.6. The second kappa shape index (κ2) is 6.89. The summed E-state index contributed by atoms with van der Waals surface area (Å²) in [7, 11) is 1.92. The van der Waals surface area contributed by atoms with Crippen molar-refractivity contribution in [2.45, 2.75) is 17.5 Å². The van der Waals surface area contributed by atoms with Gasteiger partial charge in [0.2, 0.25) is 0 Å². The van der Waals surface area contributed by atoms with Gasteiger partial charge < -0.3 is 14.5 Å². The number of ether oxygens (including phenoxy) is 2. The van der Waals surface area contributed by atoms with Gasteiger partial charge in [-0.15, -0.1) is 0 Å². The number of hydrogen-bond donors (Lipinski definition) is 1. The van der Waals surface area contributed by atoms with E-state index < -0.39 is 10.8 Å². The molecule has 1 N–H and O–H groups in total. The molecule has 0 fully saturated rings. The van der Waals surface area contributed by atoms with Crippen molar-refractivity contribution < 1.29 is 13.7 Å². The molecule has 0 saturated heterocycles. The maximum absolute atomic E-state index is 12.6. The van der Waals surface area contributed by atoms with Crippen LogP contribution in [0.3, 0.4) is 0 Å². The lowest BCUT2D eigenvalue weighted by molar-refractivity contribution is 0.184. The number of aromatic nitrogens is 3. The largest absolute Gasteiger partial charge is 0.497 e. The number of imidazole rings is 1. The minimum absolute atomic E-state index is 0.288. The van der Waals surface area contributed by atoms with Gasteiger partial charge in [0.1, 0.15) is 5.75 Å². The highest BCUT2D eigenvalue weighted by Gasteiger charge is 2.14. The number of nitrogens with zero attached hydrogens (tertiary/aromatic N) is 2. The van der Waals surface area contributed by atoms with Gasteiger partial charge in [0, 0.05) is 24.9 Å². The third-order valence-corrected chi connectivity index (χ3v) is 4.60. The minimum Gasteiger partial charge on any atom is -0.497 e. The van der Waals surface area contributed by atoms with Gasteiger partial charge >= 0.3 is 0 Å². The predicted octanol–water partition coefficient (Wildman–Crippen LogP) is 2.42. The highest BCUT2D eigenvalue weighted by molar-refractivity contribution is 7.84. The van der Waals surface area contributed by atoms with Crippen LogP contribution >= 0.6 is 0 Å². The van der Waals surface area contributed by atoms with Crippen LogP contribution in [0.4, 0.5) is 0 Å². The number of benzene rings is 1. The Balaban J connectivity index is 1.86. The van der Waals surface area contributed by atoms with Crippen LogP contribution in [0.1, 0.15) is 11.3 Å². The van der Waals surface area contributed by atoms with E-state index in [1.165, 1.54) is 0 Å². The molecule has 0 spiro atoms. The van der Waals surface area contributed by atoms with Crippen LogP contribution < -0.4 is 4.74 Å². The number of H-pyrrole nitrogens is 1. The van der Waals surface area contributed by atoms with Gasteiger partial charge in [-0.1, -0.05) is 6.07 Å². The van der Waals surface area contributed by atoms with Crippen molar-refractivity contribution >= 4 is 21.8 Å². The Morgan fingerprint density at radius 2 is 2.13 bits per heavy atom. The summed E-state index contributed by atoms with van der Waals surface area (Å²) in [5.74, 6) is 1.02. The van der Waals surface area contributed by atoms with E-state index in [0.717, 1.165) is 28.0 Å². The molecule has 0 saturated carbocycles. The van der Waals surface area contributed by atoms with Crippen molar-refractivity contribution in [2.75, 3.05) is 14.2 Å². The Morgan fingerprint density at radius 3 is 2.91 bits per heavy atom. The number of aromatic amines is 1. The van der Waals surface area contributed by atoms with Gasteiger partial charge in [0.25, 0.3) is 0 Å². The lowest BCUT2D eigenvalue weighted by Gasteiger charge is -2.06. The summed E-state index contributed by atoms with van der Waals surface area (Å²) in [5.41, 5.74) is 3.24. The summed E-state index contributed by atoms with van der Waals surface area (Å²) >= 11 is 0. The summed E-state index contributed by atoms with van der Waals surface area (Å²) in [6.07, 6.45) is 1.69. The van der Waals surface area contributed by atoms with Crippen molar-refractivity contribution in [3.8, 4) is 5.75 Å². The number of methoxy groups -OCH3 is 2. The molecule has 0 amide bonds. The minimum atomic E-state index is -1.32. The summed E-state index contributed by atoms with van der Waals surface area (Å²) in [4.78, 5) is 11.8. The lowest BCUT2D eigenvalue weighted by atomic mass is 10.2. The second-order valence-electron chi connectivity index (χ2n) is 4.96. The molecule has 1 aromatic carbocycles. The van der Waals surface area contributed by atoms with Gasteiger partial charge in [0.05, 0.1) is 47.0 Å². The van der Waals surface area contributed by atoms with Crippen molar-refractivity contribution in [3.05, 3.63) is 47.8 Å². The Bertz CT molecular complexity index is 847. The zero-order valence-corrected chi connectivity index (χ0v) is 13.7. The van der Waals surface area contributed by atoms with Gasteiger partial charge in [0.15, 0.2) is 5.16 Å². The number of nitrogens with one attached hydrogen (secondary N) is 1. The molecular formula is C16H17N3O3S. The molecule has 3 aromatic rings. The van der Waals surface area contributed by atoms with E-state index in [4.69, 9.17) is 9.47 Å². The summed E-state index contributed by atoms with van der Waals surface area (Å²) < 4.78 is 22.9. The molecule has 2 heterocycles. The molecule has 0 aliphatic heterocycles. The smallest absolute Gasteiger partial charge is 0.197 e. The van der Waals surface area contributed by atoms with E-state index in [9.17, 15) is 4.21 Å². The van der Waals surface area contributed by atoms with Crippen molar-refractivity contribution in [2.24, 2.45) is 0 Å². The summed E-state index contributed by atoms with van der Waals surface area (Å²) in [6, 6.07) is 9.26. The number of fused-ring (bicyclic) bond motifs is 1. The third-order valence-electron chi connectivity index (χ3n) is 3.44. The monoisotopic (exact) mass is 331 g/mol. The highest BCUT2D eigenvalue weighted by atomic mass is 32.2. The zero-order valence-electron chi connectivity index (χ0n) is 12.9. The quantitative estimate of drug-likeness (QED) is 0.750. The first-order valence-corrected chi connectivity index (χ1v) is 8.37. The summed E-state index contributed by atoms with van der Waals surface area (Å²) in [6.45, 7) is 0.442. The SMILES string of the molecule is COCc1cccnc1CS(=O)c1nc2ccc(OC)cc2[nH]1. The molecule has 0 aliphatic rings. The Labute approximate surface area is 136 Å². The molecule has 1 atom stereocenters. The molecule has 23 heavy (non-hydrogen) atoms. The third kappa shape index (κ3) is 3.40. The normalized spacial score (nSPS) is 12.4. The standard InChI is InChI=1S/C16H17N3O3S/c1-21-9-11-4-3-7-17-15(11)10-23(20)16-18-13-6-5-12(22-2)8-14(13)19-16/h3-8H,9-10H2,1-2H3,(H,18,19). The van der Waals surface area contributed by atoms with Crippen LogP contribution in [0.2, 0.25) is 0 Å². The van der Waals surface area contributed by atoms with E-state index in [0.29, 0.717) is 11.8 Å². The van der Waals surface area contributed by atoms with Crippen LogP contribution in [0.25, 0.3) is 11.0 Å². The fourth-order valence-corrected chi connectivity index (χ4v) is 3.35. The Hall–Kier alpha value is -2.25. The molecule has 2 aromatic heterocycles. The van der Waals surface area contributed by atoms with Crippen LogP contribution in [-0.2, 0) is 27.9 Å². The van der Waals surface area contributed by atoms with Crippen molar-refractivity contribution in [1.82, 2.24) is 15.0 Å². The fraction of sp³-hybridized carbons (Fsp3) is 0.250. The Morgan fingerprint density at radius 1 is 1.26 bits per heavy atom. The lowest BCUT2D eigenvalue weighted by Crippen LogP contribution is -2.04. The molecule has 1 unspecified atom stereocenters. The fourth-order valence-electron chi connectivity index (χ4n) is 2.28. The molecule has 6 nitrogen and oxygen atoms in total. The van der Waals surface area contributed by atoms with Crippen molar-refractivity contribution in [1.29, 1.82) is 0 Å². The van der Waals surface area contributed by atoms with Crippen molar-refractivity contribution in [3.63, 3.8) is 0 Å². The molecule has 7 heteroatoms. The van der Waals surface area contributed by atoms with Gasteiger partial charge in [-0.25, -0.2) is 4.98 Å². The molecule has 120 valence electrons. The number of pyridine rings is 1. The number of hydrogen-bond acceptors (Lipinski definition) is 5. The first-order chi connectivity index (χ1) is 11.2. The topological polar surface area (TPSA) is 77.1 Å². The highest BCUT2D eigenvalue weighted by Crippen LogP contribution is 2.21. The van der Waals surface area contributed by atoms with Crippen LogP contribution in [0.15, 0.2) is 41.7 Å². The van der Waals surface area contributed by atoms with Crippen LogP contribution in [-0.4, -0.2) is 33.4 Å². The van der Waals surface area contributed by atoms with Crippen LogP contribution in [0.5, 0.6) is 5.75 Å². The zero-order chi connectivity index (χ0) is 16.2. The average Bonchev–Trinajstić information content (AvgIpc) is 3.00. The van der Waals surface area contributed by atoms with Gasteiger partial charge in [-0.05, 0) is 18.2 Å². The average molecular weight is 331 g/mol. The molecule has 0 radical (unpaired) electrons. The second-order valence-corrected chi connectivity index (χ2v) is 6.32. The first kappa shape index (κ1) is 15.6. The van der Waals surface area contributed by atoms with E-state index in [1.54, 1.807) is 20.4 Å². The van der Waals surface area contributed by atoms with Gasteiger partial charge in [-0.2, -0.15) is 0 Å². The van der Waals surface area contributed by atoms with E-state index in [2.05, 4.69) is 15.0 Å². The molecule has 3 rings (SSSR count). The first-order valence-electron chi connectivity index (χ1n) is 7.05. The van der Waals surface area contributed by atoms with Gasteiger partial charge in [-0.3, -0.25) is 9.19 Å².